The minimum atomic E-state index is 0.559. The van der Waals surface area contributed by atoms with Crippen LogP contribution in [-0.4, -0.2) is 6.54 Å². The van der Waals surface area contributed by atoms with E-state index in [-0.39, 0.29) is 0 Å². The standard InChI is InChI=1S/C7H7BrClNS/c8-4-3-6(11-7(4)9)5-1-2-10-5/h3,5,10H,1-2H2. The molecule has 1 aliphatic rings. The van der Waals surface area contributed by atoms with Crippen LogP contribution in [0.15, 0.2) is 10.5 Å². The molecule has 0 aliphatic carbocycles. The normalized spacial score (nSPS) is 23.3. The van der Waals surface area contributed by atoms with Crippen molar-refractivity contribution in [2.75, 3.05) is 6.54 Å². The van der Waals surface area contributed by atoms with Crippen molar-refractivity contribution in [3.05, 3.63) is 19.8 Å². The molecule has 1 aromatic heterocycles. The van der Waals surface area contributed by atoms with E-state index in [1.165, 1.54) is 11.3 Å². The first-order valence-electron chi connectivity index (χ1n) is 3.45. The summed E-state index contributed by atoms with van der Waals surface area (Å²) in [5.74, 6) is 0. The van der Waals surface area contributed by atoms with Crippen molar-refractivity contribution in [1.82, 2.24) is 5.32 Å². The largest absolute Gasteiger partial charge is 0.309 e. The number of rotatable bonds is 1. The smallest absolute Gasteiger partial charge is 0.107 e. The van der Waals surface area contributed by atoms with E-state index in [0.717, 1.165) is 15.4 Å². The predicted octanol–water partition coefficient (Wildman–Crippen LogP) is 3.20. The van der Waals surface area contributed by atoms with Crippen molar-refractivity contribution < 1.29 is 0 Å². The minimum absolute atomic E-state index is 0.559. The molecule has 1 saturated heterocycles. The van der Waals surface area contributed by atoms with Gasteiger partial charge in [0.05, 0.1) is 0 Å². The lowest BCUT2D eigenvalue weighted by Crippen LogP contribution is -2.34. The van der Waals surface area contributed by atoms with E-state index < -0.39 is 0 Å². The Balaban J connectivity index is 2.24. The molecule has 1 aliphatic heterocycles. The number of halogens is 2. The third kappa shape index (κ3) is 1.47. The minimum Gasteiger partial charge on any atom is -0.309 e. The highest BCUT2D eigenvalue weighted by Gasteiger charge is 2.21. The molecule has 1 nitrogen and oxygen atoms in total. The molecule has 0 saturated carbocycles. The van der Waals surface area contributed by atoms with Crippen molar-refractivity contribution in [3.8, 4) is 0 Å². The Morgan fingerprint density at radius 1 is 1.73 bits per heavy atom. The molecular formula is C7H7BrClNS. The Morgan fingerprint density at radius 2 is 2.45 bits per heavy atom. The number of nitrogens with one attached hydrogen (secondary N) is 1. The summed E-state index contributed by atoms with van der Waals surface area (Å²) in [5, 5.41) is 3.33. The summed E-state index contributed by atoms with van der Waals surface area (Å²) in [6, 6.07) is 2.66. The second-order valence-electron chi connectivity index (χ2n) is 2.57. The molecule has 0 spiro atoms. The van der Waals surface area contributed by atoms with Gasteiger partial charge in [-0.25, -0.2) is 0 Å². The summed E-state index contributed by atoms with van der Waals surface area (Å²) in [7, 11) is 0. The van der Waals surface area contributed by atoms with Gasteiger partial charge in [0.2, 0.25) is 0 Å². The SMILES string of the molecule is Clc1sc(C2CCN2)cc1Br. The number of thiophene rings is 1. The van der Waals surface area contributed by atoms with Crippen LogP contribution in [0.3, 0.4) is 0 Å². The van der Waals surface area contributed by atoms with Crippen LogP contribution in [-0.2, 0) is 0 Å². The molecule has 0 amide bonds. The molecule has 0 radical (unpaired) electrons. The van der Waals surface area contributed by atoms with Crippen molar-refractivity contribution in [2.45, 2.75) is 12.5 Å². The molecule has 1 N–H and O–H groups in total. The Kier molecular flexibility index (Phi) is 2.23. The van der Waals surface area contributed by atoms with E-state index in [4.69, 9.17) is 11.6 Å². The van der Waals surface area contributed by atoms with Gasteiger partial charge >= 0.3 is 0 Å². The topological polar surface area (TPSA) is 12.0 Å². The quantitative estimate of drug-likeness (QED) is 0.809. The van der Waals surface area contributed by atoms with E-state index >= 15 is 0 Å². The van der Waals surface area contributed by atoms with Crippen LogP contribution in [0.2, 0.25) is 4.34 Å². The fourth-order valence-electron chi connectivity index (χ4n) is 1.07. The van der Waals surface area contributed by atoms with Gasteiger partial charge in [0.15, 0.2) is 0 Å². The van der Waals surface area contributed by atoms with Crippen molar-refractivity contribution in [3.63, 3.8) is 0 Å². The second kappa shape index (κ2) is 3.05. The van der Waals surface area contributed by atoms with Crippen LogP contribution < -0.4 is 5.32 Å². The Morgan fingerprint density at radius 3 is 2.82 bits per heavy atom. The van der Waals surface area contributed by atoms with Gasteiger partial charge in [0.25, 0.3) is 0 Å². The summed E-state index contributed by atoms with van der Waals surface area (Å²) in [4.78, 5) is 1.34. The van der Waals surface area contributed by atoms with E-state index in [9.17, 15) is 0 Å². The van der Waals surface area contributed by atoms with Crippen LogP contribution in [0.1, 0.15) is 17.3 Å². The Hall–Kier alpha value is 0.430. The van der Waals surface area contributed by atoms with Gasteiger partial charge in [-0.3, -0.25) is 0 Å². The van der Waals surface area contributed by atoms with E-state index in [1.54, 1.807) is 11.3 Å². The van der Waals surface area contributed by atoms with Gasteiger partial charge in [0.1, 0.15) is 4.34 Å². The second-order valence-corrected chi connectivity index (χ2v) is 5.11. The third-order valence-electron chi connectivity index (χ3n) is 1.83. The zero-order chi connectivity index (χ0) is 7.84. The van der Waals surface area contributed by atoms with Gasteiger partial charge in [-0.15, -0.1) is 11.3 Å². The molecule has 2 rings (SSSR count). The fourth-order valence-corrected chi connectivity index (χ4v) is 2.91. The average molecular weight is 253 g/mol. The monoisotopic (exact) mass is 251 g/mol. The van der Waals surface area contributed by atoms with Gasteiger partial charge < -0.3 is 5.32 Å². The highest BCUT2D eigenvalue weighted by atomic mass is 79.9. The molecule has 0 bridgehead atoms. The van der Waals surface area contributed by atoms with Crippen molar-refractivity contribution in [1.29, 1.82) is 0 Å². The molecule has 0 aromatic carbocycles. The third-order valence-corrected chi connectivity index (χ3v) is 4.42. The predicted molar refractivity (Wildman–Crippen MR) is 52.4 cm³/mol. The molecule has 4 heteroatoms. The first-order chi connectivity index (χ1) is 5.27. The lowest BCUT2D eigenvalue weighted by molar-refractivity contribution is 0.389. The molecule has 1 unspecified atom stereocenters. The Bertz CT molecular complexity index is 250. The molecule has 11 heavy (non-hydrogen) atoms. The van der Waals surface area contributed by atoms with Crippen molar-refractivity contribution in [2.24, 2.45) is 0 Å². The van der Waals surface area contributed by atoms with E-state index in [0.29, 0.717) is 6.04 Å². The zero-order valence-electron chi connectivity index (χ0n) is 5.73. The molecule has 1 atom stereocenters. The van der Waals surface area contributed by atoms with Crippen LogP contribution in [0, 0.1) is 0 Å². The summed E-state index contributed by atoms with van der Waals surface area (Å²) in [5.41, 5.74) is 0. The summed E-state index contributed by atoms with van der Waals surface area (Å²) in [6.45, 7) is 1.14. The molecule has 1 aromatic rings. The van der Waals surface area contributed by atoms with E-state index in [2.05, 4.69) is 27.3 Å². The average Bonchev–Trinajstić information content (AvgIpc) is 2.08. The summed E-state index contributed by atoms with van der Waals surface area (Å²) >= 11 is 10.9. The van der Waals surface area contributed by atoms with Gasteiger partial charge in [-0.2, -0.15) is 0 Å². The highest BCUT2D eigenvalue weighted by molar-refractivity contribution is 9.10. The number of hydrogen-bond acceptors (Lipinski definition) is 2. The van der Waals surface area contributed by atoms with Crippen LogP contribution >= 0.6 is 38.9 Å². The highest BCUT2D eigenvalue weighted by Crippen LogP contribution is 2.37. The summed E-state index contributed by atoms with van der Waals surface area (Å²) in [6.07, 6.45) is 1.24. The fraction of sp³-hybridized carbons (Fsp3) is 0.429. The lowest BCUT2D eigenvalue weighted by atomic mass is 10.1. The van der Waals surface area contributed by atoms with Gasteiger partial charge in [0, 0.05) is 15.4 Å². The number of hydrogen-bond donors (Lipinski definition) is 1. The molecular weight excluding hydrogens is 246 g/mol. The zero-order valence-corrected chi connectivity index (χ0v) is 8.89. The molecule has 1 fully saturated rings. The maximum Gasteiger partial charge on any atom is 0.107 e. The maximum atomic E-state index is 5.90. The molecule has 2 heterocycles. The summed E-state index contributed by atoms with van der Waals surface area (Å²) < 4.78 is 1.88. The van der Waals surface area contributed by atoms with Crippen LogP contribution in [0.25, 0.3) is 0 Å². The van der Waals surface area contributed by atoms with Gasteiger partial charge in [-0.05, 0) is 35.0 Å². The first-order valence-corrected chi connectivity index (χ1v) is 5.44. The van der Waals surface area contributed by atoms with Crippen LogP contribution in [0.5, 0.6) is 0 Å². The van der Waals surface area contributed by atoms with Gasteiger partial charge in [-0.1, -0.05) is 11.6 Å². The maximum absolute atomic E-state index is 5.90. The van der Waals surface area contributed by atoms with Crippen molar-refractivity contribution >= 4 is 38.9 Å². The van der Waals surface area contributed by atoms with Crippen LogP contribution in [0.4, 0.5) is 0 Å². The lowest BCUT2D eigenvalue weighted by Gasteiger charge is -2.26. The Labute approximate surface area is 82.9 Å². The molecule has 60 valence electrons. The van der Waals surface area contributed by atoms with E-state index in [1.807, 2.05) is 0 Å². The first kappa shape index (κ1) is 8.05.